The van der Waals surface area contributed by atoms with Gasteiger partial charge in [0.25, 0.3) is 0 Å². The summed E-state index contributed by atoms with van der Waals surface area (Å²) in [6.07, 6.45) is 6.31. The zero-order chi connectivity index (χ0) is 20.8. The summed E-state index contributed by atoms with van der Waals surface area (Å²) in [5.74, 6) is 0.943. The van der Waals surface area contributed by atoms with Crippen LogP contribution in [-0.4, -0.2) is 30.7 Å². The molecule has 5 rings (SSSR count). The largest absolute Gasteiger partial charge is 0.508 e. The lowest BCUT2D eigenvalue weighted by molar-refractivity contribution is 0.474. The van der Waals surface area contributed by atoms with E-state index in [1.54, 1.807) is 12.3 Å². The number of halogens is 1. The highest BCUT2D eigenvalue weighted by atomic mass is 19.1. The Morgan fingerprint density at radius 2 is 1.93 bits per heavy atom. The van der Waals surface area contributed by atoms with E-state index in [2.05, 4.69) is 29.2 Å². The van der Waals surface area contributed by atoms with Gasteiger partial charge in [-0.05, 0) is 48.1 Å². The molecule has 0 saturated carbocycles. The fourth-order valence-corrected chi connectivity index (χ4v) is 4.11. The number of phenols is 1. The Balaban J connectivity index is 1.57. The van der Waals surface area contributed by atoms with Crippen LogP contribution in [0.1, 0.15) is 36.5 Å². The van der Waals surface area contributed by atoms with Crippen molar-refractivity contribution in [1.82, 2.24) is 19.6 Å². The number of benzene rings is 1. The fraction of sp³-hybridized carbons (Fsp3) is 0.261. The van der Waals surface area contributed by atoms with Crippen LogP contribution >= 0.6 is 0 Å². The van der Waals surface area contributed by atoms with Crippen LogP contribution in [0.5, 0.6) is 5.75 Å². The summed E-state index contributed by atoms with van der Waals surface area (Å²) in [5, 5.41) is 17.9. The molecule has 0 unspecified atom stereocenters. The lowest BCUT2D eigenvalue weighted by Crippen LogP contribution is -2.21. The molecule has 1 aliphatic rings. The molecule has 30 heavy (non-hydrogen) atoms. The number of hydrogen-bond donors (Lipinski definition) is 2. The van der Waals surface area contributed by atoms with Crippen molar-refractivity contribution < 1.29 is 9.50 Å². The Labute approximate surface area is 173 Å². The summed E-state index contributed by atoms with van der Waals surface area (Å²) in [7, 11) is 0. The Hall–Kier alpha value is -3.48. The van der Waals surface area contributed by atoms with Crippen LogP contribution in [0.4, 0.5) is 10.2 Å². The normalized spacial score (nSPS) is 15.7. The second-order valence-corrected chi connectivity index (χ2v) is 8.11. The van der Waals surface area contributed by atoms with E-state index in [-0.39, 0.29) is 17.7 Å². The number of pyridine rings is 1. The molecule has 3 aromatic heterocycles. The standard InChI is InChI=1S/C23H22FN5O/c1-13(2)20-12-26-29-22(27-18-6-14-3-4-19(30)8-15(14)7-18)9-21(28-23(20)29)16-5-17(24)11-25-10-16/h3-5,8-13,18,27,30H,6-7H2,1-2H3/t18-/m1/s1. The lowest BCUT2D eigenvalue weighted by Gasteiger charge is -2.16. The molecule has 0 radical (unpaired) electrons. The van der Waals surface area contributed by atoms with Gasteiger partial charge >= 0.3 is 0 Å². The molecule has 1 aliphatic carbocycles. The molecule has 0 bridgehead atoms. The van der Waals surface area contributed by atoms with E-state index < -0.39 is 5.82 Å². The third kappa shape index (κ3) is 3.26. The Kier molecular flexibility index (Phi) is 4.38. The van der Waals surface area contributed by atoms with Gasteiger partial charge in [0.05, 0.1) is 18.1 Å². The van der Waals surface area contributed by atoms with Gasteiger partial charge in [0, 0.05) is 29.4 Å². The smallest absolute Gasteiger partial charge is 0.161 e. The number of anilines is 1. The van der Waals surface area contributed by atoms with Gasteiger partial charge in [-0.1, -0.05) is 19.9 Å². The molecule has 7 heteroatoms. The number of nitrogens with zero attached hydrogens (tertiary/aromatic N) is 4. The van der Waals surface area contributed by atoms with Gasteiger partial charge in [0.15, 0.2) is 5.65 Å². The molecule has 0 amide bonds. The quantitative estimate of drug-likeness (QED) is 0.530. The zero-order valence-electron chi connectivity index (χ0n) is 16.8. The van der Waals surface area contributed by atoms with Crippen molar-refractivity contribution in [2.45, 2.75) is 38.6 Å². The fourth-order valence-electron chi connectivity index (χ4n) is 4.11. The summed E-state index contributed by atoms with van der Waals surface area (Å²) in [6, 6.07) is 9.02. The van der Waals surface area contributed by atoms with Crippen molar-refractivity contribution in [1.29, 1.82) is 0 Å². The molecular weight excluding hydrogens is 381 g/mol. The minimum atomic E-state index is -0.396. The zero-order valence-corrected chi connectivity index (χ0v) is 16.8. The van der Waals surface area contributed by atoms with Crippen LogP contribution in [0, 0.1) is 5.82 Å². The van der Waals surface area contributed by atoms with Crippen molar-refractivity contribution in [2.75, 3.05) is 5.32 Å². The molecule has 1 aromatic carbocycles. The highest BCUT2D eigenvalue weighted by molar-refractivity contribution is 5.68. The first-order chi connectivity index (χ1) is 14.5. The van der Waals surface area contributed by atoms with Crippen LogP contribution in [-0.2, 0) is 12.8 Å². The van der Waals surface area contributed by atoms with Gasteiger partial charge in [-0.15, -0.1) is 0 Å². The van der Waals surface area contributed by atoms with E-state index in [1.165, 1.54) is 17.8 Å². The third-order valence-corrected chi connectivity index (χ3v) is 5.60. The first-order valence-electron chi connectivity index (χ1n) is 10.0. The van der Waals surface area contributed by atoms with E-state index >= 15 is 0 Å². The maximum absolute atomic E-state index is 13.8. The van der Waals surface area contributed by atoms with Gasteiger partial charge in [-0.2, -0.15) is 9.61 Å². The average molecular weight is 403 g/mol. The molecular formula is C23H22FN5O. The number of hydrogen-bond acceptors (Lipinski definition) is 5. The van der Waals surface area contributed by atoms with Gasteiger partial charge in [-0.3, -0.25) is 4.98 Å². The predicted molar refractivity (Wildman–Crippen MR) is 113 cm³/mol. The number of rotatable bonds is 4. The van der Waals surface area contributed by atoms with Crippen molar-refractivity contribution in [3.05, 3.63) is 71.4 Å². The molecule has 3 heterocycles. The van der Waals surface area contributed by atoms with Gasteiger partial charge in [-0.25, -0.2) is 9.37 Å². The molecule has 1 atom stereocenters. The SMILES string of the molecule is CC(C)c1cnn2c(N[C@@H]3Cc4ccc(O)cc4C3)cc(-c3cncc(F)c3)nc12. The van der Waals surface area contributed by atoms with Crippen molar-refractivity contribution in [3.63, 3.8) is 0 Å². The topological polar surface area (TPSA) is 75.3 Å². The summed E-state index contributed by atoms with van der Waals surface area (Å²) >= 11 is 0. The summed E-state index contributed by atoms with van der Waals surface area (Å²) in [6.45, 7) is 4.20. The number of nitrogens with one attached hydrogen (secondary N) is 1. The Morgan fingerprint density at radius 3 is 2.73 bits per heavy atom. The molecule has 2 N–H and O–H groups in total. The maximum Gasteiger partial charge on any atom is 0.161 e. The minimum absolute atomic E-state index is 0.164. The molecule has 0 saturated heterocycles. The van der Waals surface area contributed by atoms with E-state index in [4.69, 9.17) is 4.98 Å². The number of fused-ring (bicyclic) bond motifs is 2. The van der Waals surface area contributed by atoms with Crippen LogP contribution in [0.25, 0.3) is 16.9 Å². The molecule has 0 spiro atoms. The minimum Gasteiger partial charge on any atom is -0.508 e. The van der Waals surface area contributed by atoms with Crippen molar-refractivity contribution in [2.24, 2.45) is 0 Å². The van der Waals surface area contributed by atoms with Gasteiger partial charge < -0.3 is 10.4 Å². The van der Waals surface area contributed by atoms with Crippen LogP contribution < -0.4 is 5.32 Å². The second kappa shape index (κ2) is 7.09. The number of phenolic OH excluding ortho intramolecular Hbond substituents is 1. The number of aromatic nitrogens is 4. The van der Waals surface area contributed by atoms with Crippen LogP contribution in [0.15, 0.2) is 48.9 Å². The van der Waals surface area contributed by atoms with Crippen molar-refractivity contribution in [3.8, 4) is 17.0 Å². The van der Waals surface area contributed by atoms with Crippen LogP contribution in [0.3, 0.4) is 0 Å². The molecule has 152 valence electrons. The number of aromatic hydroxyl groups is 1. The Morgan fingerprint density at radius 1 is 1.10 bits per heavy atom. The maximum atomic E-state index is 13.8. The summed E-state index contributed by atoms with van der Waals surface area (Å²) in [4.78, 5) is 8.75. The first-order valence-corrected chi connectivity index (χ1v) is 10.0. The Bertz CT molecular complexity index is 1250. The van der Waals surface area contributed by atoms with E-state index in [1.807, 2.05) is 28.9 Å². The van der Waals surface area contributed by atoms with E-state index in [9.17, 15) is 9.50 Å². The molecule has 4 aromatic rings. The highest BCUT2D eigenvalue weighted by Crippen LogP contribution is 2.30. The summed E-state index contributed by atoms with van der Waals surface area (Å²) in [5.41, 5.74) is 5.43. The monoisotopic (exact) mass is 403 g/mol. The summed E-state index contributed by atoms with van der Waals surface area (Å²) < 4.78 is 15.6. The van der Waals surface area contributed by atoms with Crippen LogP contribution in [0.2, 0.25) is 0 Å². The average Bonchev–Trinajstić information content (AvgIpc) is 3.31. The van der Waals surface area contributed by atoms with Gasteiger partial charge in [0.1, 0.15) is 17.4 Å². The molecule has 0 fully saturated rings. The van der Waals surface area contributed by atoms with E-state index in [0.717, 1.165) is 35.4 Å². The second-order valence-electron chi connectivity index (χ2n) is 8.11. The lowest BCUT2D eigenvalue weighted by atomic mass is 10.1. The van der Waals surface area contributed by atoms with Gasteiger partial charge in [0.2, 0.25) is 0 Å². The highest BCUT2D eigenvalue weighted by Gasteiger charge is 2.23. The first kappa shape index (κ1) is 18.5. The molecule has 6 nitrogen and oxygen atoms in total. The third-order valence-electron chi connectivity index (χ3n) is 5.60. The predicted octanol–water partition coefficient (Wildman–Crippen LogP) is 4.34. The van der Waals surface area contributed by atoms with E-state index in [0.29, 0.717) is 11.3 Å². The molecule has 0 aliphatic heterocycles. The van der Waals surface area contributed by atoms with Crippen molar-refractivity contribution >= 4 is 11.5 Å².